The molecule has 1 amide bonds. The minimum atomic E-state index is -3.84. The van der Waals surface area contributed by atoms with Crippen LogP contribution in [0, 0.1) is 0 Å². The number of halogens is 2. The molecule has 1 saturated heterocycles. The van der Waals surface area contributed by atoms with E-state index in [0.29, 0.717) is 23.9 Å². The van der Waals surface area contributed by atoms with E-state index in [1.165, 1.54) is 33.8 Å². The van der Waals surface area contributed by atoms with Crippen LogP contribution >= 0.6 is 38.9 Å². The third-order valence-electron chi connectivity index (χ3n) is 5.31. The predicted octanol–water partition coefficient (Wildman–Crippen LogP) is 5.20. The largest absolute Gasteiger partial charge is 0.452 e. The van der Waals surface area contributed by atoms with Gasteiger partial charge >= 0.3 is 5.97 Å². The first kappa shape index (κ1) is 25.8. The van der Waals surface area contributed by atoms with Crippen LogP contribution in [0.4, 0.5) is 5.13 Å². The monoisotopic (exact) mass is 597 g/mol. The summed E-state index contributed by atoms with van der Waals surface area (Å²) in [7, 11) is -3.84. The van der Waals surface area contributed by atoms with Gasteiger partial charge in [-0.05, 0) is 43.2 Å². The Hall–Kier alpha value is -2.31. The van der Waals surface area contributed by atoms with Gasteiger partial charge < -0.3 is 4.74 Å². The van der Waals surface area contributed by atoms with Gasteiger partial charge in [-0.2, -0.15) is 4.31 Å². The molecular weight excluding hydrogens is 578 g/mol. The Morgan fingerprint density at radius 3 is 2.66 bits per heavy atom. The molecule has 0 bridgehead atoms. The number of carbonyl (C=O) groups is 2. The molecule has 1 aliphatic rings. The number of anilines is 1. The van der Waals surface area contributed by atoms with E-state index >= 15 is 0 Å². The maximum Gasteiger partial charge on any atom is 0.338 e. The number of amides is 1. The molecule has 2 aromatic carbocycles. The van der Waals surface area contributed by atoms with Gasteiger partial charge in [0, 0.05) is 28.5 Å². The average Bonchev–Trinajstić information content (AvgIpc) is 3.31. The SMILES string of the molecule is O=C(COC(=O)c1ccc(Cl)c(S(=O)(=O)N2CCCCC2)c1)Nc1nc(-c2cccc(Br)c2)cs1. The van der Waals surface area contributed by atoms with Gasteiger partial charge in [-0.15, -0.1) is 11.3 Å². The van der Waals surface area contributed by atoms with Crippen LogP contribution in [0.25, 0.3) is 11.3 Å². The second kappa shape index (κ2) is 11.2. The molecule has 12 heteroatoms. The number of benzene rings is 2. The molecular formula is C23H21BrClN3O5S2. The Balaban J connectivity index is 1.38. The number of thiazole rings is 1. The normalized spacial score (nSPS) is 14.5. The number of esters is 1. The number of rotatable bonds is 7. The summed E-state index contributed by atoms with van der Waals surface area (Å²) in [5, 5.41) is 4.79. The summed E-state index contributed by atoms with van der Waals surface area (Å²) in [4.78, 5) is 29.0. The van der Waals surface area contributed by atoms with Gasteiger partial charge in [0.15, 0.2) is 11.7 Å². The molecule has 1 aliphatic heterocycles. The summed E-state index contributed by atoms with van der Waals surface area (Å²) in [5.41, 5.74) is 1.58. The van der Waals surface area contributed by atoms with Gasteiger partial charge in [0.05, 0.1) is 16.3 Å². The van der Waals surface area contributed by atoms with E-state index in [1.807, 2.05) is 24.3 Å². The number of piperidine rings is 1. The highest BCUT2D eigenvalue weighted by molar-refractivity contribution is 9.10. The standard InChI is InChI=1S/C23H21BrClN3O5S2/c24-17-6-4-5-15(11-17)19-14-34-23(26-19)27-21(29)13-33-22(30)16-7-8-18(25)20(12-16)35(31,32)28-9-2-1-3-10-28/h4-8,11-12,14H,1-3,9-10,13H2,(H,26,27,29). The van der Waals surface area contributed by atoms with Crippen LogP contribution in [0.1, 0.15) is 29.6 Å². The van der Waals surface area contributed by atoms with Crippen molar-refractivity contribution >= 4 is 65.9 Å². The van der Waals surface area contributed by atoms with Crippen LogP contribution in [0.15, 0.2) is 57.2 Å². The first-order valence-electron chi connectivity index (χ1n) is 10.7. The van der Waals surface area contributed by atoms with Crippen molar-refractivity contribution in [3.8, 4) is 11.3 Å². The zero-order valence-corrected chi connectivity index (χ0v) is 22.3. The highest BCUT2D eigenvalue weighted by atomic mass is 79.9. The molecule has 0 radical (unpaired) electrons. The molecule has 0 spiro atoms. The van der Waals surface area contributed by atoms with Gasteiger partial charge in [0.2, 0.25) is 10.0 Å². The average molecular weight is 599 g/mol. The molecule has 35 heavy (non-hydrogen) atoms. The minimum absolute atomic E-state index is 0.0102. The predicted molar refractivity (Wildman–Crippen MR) is 138 cm³/mol. The Labute approximate surface area is 220 Å². The summed E-state index contributed by atoms with van der Waals surface area (Å²) in [6, 6.07) is 11.5. The van der Waals surface area contributed by atoms with Crippen LogP contribution in [0.3, 0.4) is 0 Å². The van der Waals surface area contributed by atoms with E-state index in [0.717, 1.165) is 29.3 Å². The molecule has 0 saturated carbocycles. The highest BCUT2D eigenvalue weighted by Crippen LogP contribution is 2.29. The van der Waals surface area contributed by atoms with E-state index in [-0.39, 0.29) is 15.5 Å². The van der Waals surface area contributed by atoms with Crippen molar-refractivity contribution < 1.29 is 22.7 Å². The topological polar surface area (TPSA) is 106 Å². The Morgan fingerprint density at radius 2 is 1.91 bits per heavy atom. The summed E-state index contributed by atoms with van der Waals surface area (Å²) in [6.07, 6.45) is 2.52. The molecule has 184 valence electrons. The number of ether oxygens (including phenoxy) is 1. The lowest BCUT2D eigenvalue weighted by atomic mass is 10.2. The summed E-state index contributed by atoms with van der Waals surface area (Å²) >= 11 is 10.8. The zero-order valence-electron chi connectivity index (χ0n) is 18.4. The van der Waals surface area contributed by atoms with Crippen molar-refractivity contribution in [2.45, 2.75) is 24.2 Å². The van der Waals surface area contributed by atoms with Crippen molar-refractivity contribution in [1.29, 1.82) is 0 Å². The number of hydrogen-bond donors (Lipinski definition) is 1. The third-order valence-corrected chi connectivity index (χ3v) is 8.94. The van der Waals surface area contributed by atoms with Crippen LogP contribution in [0.5, 0.6) is 0 Å². The van der Waals surface area contributed by atoms with Crippen LogP contribution in [0.2, 0.25) is 5.02 Å². The fourth-order valence-corrected chi connectivity index (χ4v) is 6.71. The lowest BCUT2D eigenvalue weighted by Crippen LogP contribution is -2.35. The van der Waals surface area contributed by atoms with E-state index < -0.39 is 28.5 Å². The maximum atomic E-state index is 13.0. The lowest BCUT2D eigenvalue weighted by Gasteiger charge is -2.26. The highest BCUT2D eigenvalue weighted by Gasteiger charge is 2.29. The molecule has 3 aromatic rings. The molecule has 0 aliphatic carbocycles. The third kappa shape index (κ3) is 6.28. The van der Waals surface area contributed by atoms with Crippen molar-refractivity contribution in [3.05, 3.63) is 62.9 Å². The van der Waals surface area contributed by atoms with Crippen molar-refractivity contribution in [1.82, 2.24) is 9.29 Å². The van der Waals surface area contributed by atoms with E-state index in [2.05, 4.69) is 26.2 Å². The number of sulfonamides is 1. The second-order valence-electron chi connectivity index (χ2n) is 7.78. The molecule has 4 rings (SSSR count). The summed E-state index contributed by atoms with van der Waals surface area (Å²) < 4.78 is 33.4. The number of nitrogens with zero attached hydrogens (tertiary/aromatic N) is 2. The van der Waals surface area contributed by atoms with Gasteiger partial charge in [-0.3, -0.25) is 10.1 Å². The molecule has 1 N–H and O–H groups in total. The Bertz CT molecular complexity index is 1360. The van der Waals surface area contributed by atoms with E-state index in [4.69, 9.17) is 16.3 Å². The summed E-state index contributed by atoms with van der Waals surface area (Å²) in [6.45, 7) is 0.266. The van der Waals surface area contributed by atoms with E-state index in [9.17, 15) is 18.0 Å². The molecule has 2 heterocycles. The van der Waals surface area contributed by atoms with Crippen LogP contribution in [-0.4, -0.2) is 49.3 Å². The first-order chi connectivity index (χ1) is 16.7. The van der Waals surface area contributed by atoms with Crippen molar-refractivity contribution in [2.75, 3.05) is 25.0 Å². The minimum Gasteiger partial charge on any atom is -0.452 e. The Kier molecular flexibility index (Phi) is 8.23. The van der Waals surface area contributed by atoms with Crippen molar-refractivity contribution in [2.24, 2.45) is 0 Å². The van der Waals surface area contributed by atoms with Gasteiger partial charge in [-0.25, -0.2) is 18.2 Å². The fraction of sp³-hybridized carbons (Fsp3) is 0.261. The van der Waals surface area contributed by atoms with Crippen molar-refractivity contribution in [3.63, 3.8) is 0 Å². The fourth-order valence-electron chi connectivity index (χ4n) is 3.55. The van der Waals surface area contributed by atoms with Crippen LogP contribution < -0.4 is 5.32 Å². The van der Waals surface area contributed by atoms with Gasteiger partial charge in [0.25, 0.3) is 5.91 Å². The molecule has 0 atom stereocenters. The summed E-state index contributed by atoms with van der Waals surface area (Å²) in [5.74, 6) is -1.40. The lowest BCUT2D eigenvalue weighted by molar-refractivity contribution is -0.119. The Morgan fingerprint density at radius 1 is 1.14 bits per heavy atom. The zero-order chi connectivity index (χ0) is 25.0. The number of nitrogens with one attached hydrogen (secondary N) is 1. The quantitative estimate of drug-likeness (QED) is 0.375. The van der Waals surface area contributed by atoms with Gasteiger partial charge in [0.1, 0.15) is 4.90 Å². The molecule has 8 nitrogen and oxygen atoms in total. The first-order valence-corrected chi connectivity index (χ1v) is 14.2. The number of carbonyl (C=O) groups excluding carboxylic acids is 2. The van der Waals surface area contributed by atoms with Gasteiger partial charge in [-0.1, -0.05) is 46.1 Å². The second-order valence-corrected chi connectivity index (χ2v) is 11.9. The number of aromatic nitrogens is 1. The molecule has 1 aromatic heterocycles. The molecule has 1 fully saturated rings. The smallest absolute Gasteiger partial charge is 0.338 e. The maximum absolute atomic E-state index is 13.0. The number of hydrogen-bond acceptors (Lipinski definition) is 7. The van der Waals surface area contributed by atoms with Crippen LogP contribution in [-0.2, 0) is 19.6 Å². The molecule has 0 unspecified atom stereocenters. The van der Waals surface area contributed by atoms with E-state index in [1.54, 1.807) is 5.38 Å².